The van der Waals surface area contributed by atoms with Gasteiger partial charge in [-0.2, -0.15) is 0 Å². The lowest BCUT2D eigenvalue weighted by Crippen LogP contribution is -2.29. The number of pyridine rings is 2. The molecule has 0 spiro atoms. The Bertz CT molecular complexity index is 1280. The van der Waals surface area contributed by atoms with Gasteiger partial charge in [0.15, 0.2) is 0 Å². The summed E-state index contributed by atoms with van der Waals surface area (Å²) in [6.45, 7) is 3.35. The van der Waals surface area contributed by atoms with Crippen molar-refractivity contribution in [2.45, 2.75) is 25.3 Å². The first-order chi connectivity index (χ1) is 14.3. The average molecular weight is 382 g/mol. The number of fused-ring (bicyclic) bond motifs is 3. The Morgan fingerprint density at radius 1 is 0.862 bits per heavy atom. The van der Waals surface area contributed by atoms with Gasteiger partial charge in [0.05, 0.1) is 5.52 Å². The van der Waals surface area contributed by atoms with Crippen molar-refractivity contribution < 1.29 is 0 Å². The summed E-state index contributed by atoms with van der Waals surface area (Å²) in [6, 6.07) is 19.8. The fourth-order valence-electron chi connectivity index (χ4n) is 5.04. The molecule has 0 unspecified atom stereocenters. The van der Waals surface area contributed by atoms with Gasteiger partial charge in [0.25, 0.3) is 5.56 Å². The Balaban J connectivity index is 1.62. The van der Waals surface area contributed by atoms with Crippen LogP contribution in [0.3, 0.4) is 0 Å². The van der Waals surface area contributed by atoms with Crippen molar-refractivity contribution in [3.05, 3.63) is 88.5 Å². The standard InChI is InChI=1S/C24H22N4O/c29-23-10-3-4-13-27(23)21-8-5-9-22(25-21)28-20-7-2-1-6-18(20)19-16-26-14-11-17(12-15-26)24(19)28/h1-10,13,17H,11-12,14-16H2. The third-order valence-corrected chi connectivity index (χ3v) is 6.39. The maximum Gasteiger partial charge on any atom is 0.256 e. The van der Waals surface area contributed by atoms with E-state index >= 15 is 0 Å². The molecular formula is C24H22N4O. The van der Waals surface area contributed by atoms with Crippen molar-refractivity contribution >= 4 is 10.9 Å². The predicted molar refractivity (Wildman–Crippen MR) is 114 cm³/mol. The number of hydrogen-bond donors (Lipinski definition) is 0. The maximum absolute atomic E-state index is 12.3. The minimum atomic E-state index is -0.0697. The molecule has 7 rings (SSSR count). The molecule has 3 aliphatic rings. The number of para-hydroxylation sites is 1. The van der Waals surface area contributed by atoms with Crippen LogP contribution < -0.4 is 5.56 Å². The van der Waals surface area contributed by atoms with E-state index in [9.17, 15) is 4.79 Å². The van der Waals surface area contributed by atoms with Crippen LogP contribution in [0.5, 0.6) is 0 Å². The molecule has 29 heavy (non-hydrogen) atoms. The van der Waals surface area contributed by atoms with E-state index in [0.717, 1.165) is 12.4 Å². The highest BCUT2D eigenvalue weighted by molar-refractivity contribution is 5.87. The number of piperidine rings is 1. The van der Waals surface area contributed by atoms with Crippen molar-refractivity contribution in [2.75, 3.05) is 13.1 Å². The fourth-order valence-corrected chi connectivity index (χ4v) is 5.04. The summed E-state index contributed by atoms with van der Waals surface area (Å²) in [5, 5.41) is 1.32. The fraction of sp³-hybridized carbons (Fsp3) is 0.250. The molecule has 4 aromatic rings. The van der Waals surface area contributed by atoms with E-state index in [1.54, 1.807) is 22.9 Å². The van der Waals surface area contributed by atoms with Gasteiger partial charge in [-0.05, 0) is 55.8 Å². The Labute approximate surface area is 168 Å². The van der Waals surface area contributed by atoms with E-state index in [4.69, 9.17) is 4.98 Å². The Kier molecular flexibility index (Phi) is 3.71. The highest BCUT2D eigenvalue weighted by Gasteiger charge is 2.33. The van der Waals surface area contributed by atoms with Gasteiger partial charge in [0.2, 0.25) is 0 Å². The molecule has 0 aliphatic carbocycles. The molecule has 3 aromatic heterocycles. The zero-order valence-electron chi connectivity index (χ0n) is 16.2. The van der Waals surface area contributed by atoms with Crippen LogP contribution >= 0.6 is 0 Å². The SMILES string of the molecule is O=c1ccccn1-c1cccc(-n2c3c(c4ccccc42)CN2CCC3CC2)n1. The second-order valence-corrected chi connectivity index (χ2v) is 8.03. The first-order valence-corrected chi connectivity index (χ1v) is 10.3. The predicted octanol–water partition coefficient (Wildman–Crippen LogP) is 3.87. The molecule has 1 saturated heterocycles. The van der Waals surface area contributed by atoms with E-state index in [0.29, 0.717) is 11.7 Å². The lowest BCUT2D eigenvalue weighted by Gasteiger charge is -2.27. The maximum atomic E-state index is 12.3. The Morgan fingerprint density at radius 2 is 1.66 bits per heavy atom. The summed E-state index contributed by atoms with van der Waals surface area (Å²) in [7, 11) is 0. The molecule has 2 bridgehead atoms. The van der Waals surface area contributed by atoms with Gasteiger partial charge in [-0.25, -0.2) is 4.98 Å². The zero-order chi connectivity index (χ0) is 19.4. The third kappa shape index (κ3) is 2.58. The molecule has 0 amide bonds. The monoisotopic (exact) mass is 382 g/mol. The van der Waals surface area contributed by atoms with Gasteiger partial charge < -0.3 is 0 Å². The minimum Gasteiger partial charge on any atom is -0.299 e. The second kappa shape index (κ2) is 6.42. The van der Waals surface area contributed by atoms with Gasteiger partial charge in [-0.1, -0.05) is 30.3 Å². The van der Waals surface area contributed by atoms with Crippen LogP contribution in [-0.4, -0.2) is 32.1 Å². The van der Waals surface area contributed by atoms with Crippen LogP contribution in [0.2, 0.25) is 0 Å². The van der Waals surface area contributed by atoms with E-state index in [1.165, 1.54) is 48.1 Å². The van der Waals surface area contributed by atoms with Gasteiger partial charge >= 0.3 is 0 Å². The van der Waals surface area contributed by atoms with Gasteiger partial charge in [0.1, 0.15) is 11.6 Å². The number of aromatic nitrogens is 3. The summed E-state index contributed by atoms with van der Waals surface area (Å²) in [5.41, 5.74) is 4.00. The Hall–Kier alpha value is -3.18. The number of nitrogens with zero attached hydrogens (tertiary/aromatic N) is 4. The number of rotatable bonds is 2. The summed E-state index contributed by atoms with van der Waals surface area (Å²) >= 11 is 0. The highest BCUT2D eigenvalue weighted by atomic mass is 16.1. The Morgan fingerprint density at radius 3 is 2.52 bits per heavy atom. The van der Waals surface area contributed by atoms with Gasteiger partial charge in [-0.15, -0.1) is 0 Å². The smallest absolute Gasteiger partial charge is 0.256 e. The first kappa shape index (κ1) is 16.7. The van der Waals surface area contributed by atoms with Crippen LogP contribution in [0.4, 0.5) is 0 Å². The van der Waals surface area contributed by atoms with E-state index in [1.807, 2.05) is 18.2 Å². The van der Waals surface area contributed by atoms with Crippen molar-refractivity contribution in [3.63, 3.8) is 0 Å². The third-order valence-electron chi connectivity index (χ3n) is 6.39. The molecule has 1 aromatic carbocycles. The van der Waals surface area contributed by atoms with Crippen LogP contribution in [0, 0.1) is 0 Å². The van der Waals surface area contributed by atoms with Crippen molar-refractivity contribution in [1.29, 1.82) is 0 Å². The summed E-state index contributed by atoms with van der Waals surface area (Å²) in [4.78, 5) is 19.8. The molecule has 144 valence electrons. The quantitative estimate of drug-likeness (QED) is 0.529. The number of benzene rings is 1. The summed E-state index contributed by atoms with van der Waals surface area (Å²) in [5.74, 6) is 2.10. The van der Waals surface area contributed by atoms with Gasteiger partial charge in [0, 0.05) is 35.8 Å². The molecule has 0 saturated carbocycles. The lowest BCUT2D eigenvalue weighted by atomic mass is 9.94. The molecule has 5 heteroatoms. The van der Waals surface area contributed by atoms with E-state index in [2.05, 4.69) is 39.8 Å². The largest absolute Gasteiger partial charge is 0.299 e. The van der Waals surface area contributed by atoms with Crippen molar-refractivity contribution in [1.82, 2.24) is 19.0 Å². The molecular weight excluding hydrogens is 360 g/mol. The van der Waals surface area contributed by atoms with Crippen molar-refractivity contribution in [2.24, 2.45) is 0 Å². The lowest BCUT2D eigenvalue weighted by molar-refractivity contribution is 0.220. The van der Waals surface area contributed by atoms with E-state index in [-0.39, 0.29) is 5.56 Å². The summed E-state index contributed by atoms with van der Waals surface area (Å²) in [6.07, 6.45) is 4.17. The molecule has 3 aliphatic heterocycles. The van der Waals surface area contributed by atoms with Crippen LogP contribution in [-0.2, 0) is 6.54 Å². The molecule has 1 fully saturated rings. The van der Waals surface area contributed by atoms with Crippen LogP contribution in [0.25, 0.3) is 22.5 Å². The zero-order valence-corrected chi connectivity index (χ0v) is 16.2. The molecule has 0 radical (unpaired) electrons. The average Bonchev–Trinajstić information content (AvgIpc) is 2.87. The van der Waals surface area contributed by atoms with Crippen molar-refractivity contribution in [3.8, 4) is 11.6 Å². The molecule has 6 heterocycles. The molecule has 0 N–H and O–H groups in total. The first-order valence-electron chi connectivity index (χ1n) is 10.3. The molecule has 5 nitrogen and oxygen atoms in total. The topological polar surface area (TPSA) is 43.1 Å². The summed E-state index contributed by atoms with van der Waals surface area (Å²) < 4.78 is 3.95. The van der Waals surface area contributed by atoms with E-state index < -0.39 is 0 Å². The van der Waals surface area contributed by atoms with Crippen LogP contribution in [0.1, 0.15) is 30.0 Å². The minimum absolute atomic E-state index is 0.0697. The van der Waals surface area contributed by atoms with Gasteiger partial charge in [-0.3, -0.25) is 18.8 Å². The number of hydrogen-bond acceptors (Lipinski definition) is 3. The second-order valence-electron chi connectivity index (χ2n) is 8.03. The highest BCUT2D eigenvalue weighted by Crippen LogP contribution is 2.42. The normalized spacial score (nSPS) is 20.6. The molecule has 0 atom stereocenters. The van der Waals surface area contributed by atoms with Crippen LogP contribution in [0.15, 0.2) is 71.7 Å².